The molecular weight excluding hydrogens is 700 g/mol. The van der Waals surface area contributed by atoms with E-state index in [2.05, 4.69) is 0 Å². The lowest BCUT2D eigenvalue weighted by Crippen LogP contribution is -2.66. The Bertz CT molecular complexity index is 1500. The van der Waals surface area contributed by atoms with E-state index in [1.165, 1.54) is 0 Å². The summed E-state index contributed by atoms with van der Waals surface area (Å²) in [4.78, 5) is 0. The van der Waals surface area contributed by atoms with E-state index in [-0.39, 0.29) is 10.4 Å². The largest absolute Gasteiger partial charge is 0.429 e. The molecule has 0 aromatic heterocycles. The predicted octanol–water partition coefficient (Wildman–Crippen LogP) is -0.271. The molecule has 0 saturated carbocycles. The van der Waals surface area contributed by atoms with Gasteiger partial charge in [0.2, 0.25) is 19.9 Å². The van der Waals surface area contributed by atoms with Gasteiger partial charge in [0.05, 0.1) is 12.8 Å². The molecule has 3 N–H and O–H groups in total. The summed E-state index contributed by atoms with van der Waals surface area (Å²) in [6.45, 7) is -3.95. The number of sulfone groups is 1. The van der Waals surface area contributed by atoms with Crippen LogP contribution in [0.15, 0.2) is 0 Å². The summed E-state index contributed by atoms with van der Waals surface area (Å²) >= 11 is 0. The Morgan fingerprint density at radius 3 is 1.28 bits per heavy atom. The maximum Gasteiger partial charge on any atom is 0.429 e. The first-order valence-corrected chi connectivity index (χ1v) is 16.2. The number of hydrogen-bond acceptors (Lipinski definition) is 10. The zero-order valence-corrected chi connectivity index (χ0v) is 21.6. The van der Waals surface area contributed by atoms with Crippen molar-refractivity contribution in [1.82, 2.24) is 8.85 Å². The monoisotopic (exact) mass is 710 g/mol. The van der Waals surface area contributed by atoms with Gasteiger partial charge in [-0.15, -0.1) is 4.13 Å². The molecule has 0 spiro atoms. The molecule has 0 radical (unpaired) electrons. The van der Waals surface area contributed by atoms with Gasteiger partial charge in [0, 0.05) is 0 Å². The third-order valence-electron chi connectivity index (χ3n) is 3.67. The highest BCUT2D eigenvalue weighted by Gasteiger charge is 2.83. The van der Waals surface area contributed by atoms with Gasteiger partial charge < -0.3 is 0 Å². The van der Waals surface area contributed by atoms with E-state index in [4.69, 9.17) is 4.55 Å². The second-order valence-corrected chi connectivity index (χ2v) is 16.3. The van der Waals surface area contributed by atoms with E-state index < -0.39 is 99.9 Å². The maximum atomic E-state index is 13.8. The molecule has 0 heterocycles. The third kappa shape index (κ3) is 6.82. The van der Waals surface area contributed by atoms with E-state index in [0.29, 0.717) is 0 Å². The van der Waals surface area contributed by atoms with Crippen LogP contribution < -0.4 is 8.85 Å². The molecule has 0 aromatic carbocycles. The predicted molar refractivity (Wildman–Crippen MR) is 98.8 cm³/mol. The SMILES string of the molecule is CS(=O)(=O)NS(=O)(=O)C(F)(F)C(F)(F)C(F)(F)S(=O)(=O)NCC(F)(F)C(F)(F)C(F)(F)S(=O)(=O)CS(=O)(=O)O. The summed E-state index contributed by atoms with van der Waals surface area (Å²) < 4.78 is 281. The summed E-state index contributed by atoms with van der Waals surface area (Å²) in [5.74, 6) is -22.4. The standard InChI is InChI=1S/C9H10F12N2O11S5/c1-35(24,25)23-39(33,34)9(20,21)6(14,15)8(18,19)38(31,32)22-2-4(10,11)5(12,13)7(16,17)36(26,27)3-37(28,29)30/h22-23H,2-3H2,1H3,(H,28,29,30). The third-order valence-corrected chi connectivity index (χ3v) is 11.6. The summed E-state index contributed by atoms with van der Waals surface area (Å²) in [7, 11) is -34.6. The van der Waals surface area contributed by atoms with Crippen molar-refractivity contribution in [3.63, 3.8) is 0 Å². The van der Waals surface area contributed by atoms with Gasteiger partial charge in [-0.05, 0) is 0 Å². The molecule has 13 nitrogen and oxygen atoms in total. The first-order chi connectivity index (χ1) is 16.4. The minimum atomic E-state index is -8.01. The average Bonchev–Trinajstić information content (AvgIpc) is 2.61. The van der Waals surface area contributed by atoms with Gasteiger partial charge in [-0.3, -0.25) is 4.55 Å². The summed E-state index contributed by atoms with van der Waals surface area (Å²) in [6, 6.07) is 0. The molecule has 0 amide bonds. The van der Waals surface area contributed by atoms with Crippen LogP contribution in [0.1, 0.15) is 0 Å². The molecule has 0 bridgehead atoms. The van der Waals surface area contributed by atoms with Crippen LogP contribution in [-0.2, 0) is 50.0 Å². The van der Waals surface area contributed by atoms with Gasteiger partial charge in [-0.1, -0.05) is 0 Å². The number of halogens is 12. The van der Waals surface area contributed by atoms with Crippen LogP contribution in [0.2, 0.25) is 0 Å². The quantitative estimate of drug-likeness (QED) is 0.158. The van der Waals surface area contributed by atoms with Crippen molar-refractivity contribution in [2.75, 3.05) is 17.9 Å². The highest BCUT2D eigenvalue weighted by Crippen LogP contribution is 2.51. The topological polar surface area (TPSA) is 215 Å². The Labute approximate surface area is 209 Å². The molecular formula is C9H10F12N2O11S5. The van der Waals surface area contributed by atoms with Gasteiger partial charge in [0.25, 0.3) is 30.2 Å². The van der Waals surface area contributed by atoms with E-state index in [1.807, 2.05) is 0 Å². The normalized spacial score (nSPS) is 16.4. The molecule has 0 aliphatic rings. The van der Waals surface area contributed by atoms with Gasteiger partial charge in [0.1, 0.15) is 0 Å². The Hall–Kier alpha value is -1.21. The lowest BCUT2D eigenvalue weighted by atomic mass is 10.2. The van der Waals surface area contributed by atoms with Crippen LogP contribution in [0.3, 0.4) is 0 Å². The van der Waals surface area contributed by atoms with E-state index in [1.54, 1.807) is 0 Å². The summed E-state index contributed by atoms with van der Waals surface area (Å²) in [5.41, 5.74) is 0. The minimum absolute atomic E-state index is 0.266. The molecule has 0 aliphatic carbocycles. The zero-order chi connectivity index (χ0) is 32.3. The van der Waals surface area contributed by atoms with Crippen LogP contribution in [0, 0.1) is 0 Å². The van der Waals surface area contributed by atoms with E-state index in [0.717, 1.165) is 0 Å². The van der Waals surface area contributed by atoms with Crippen molar-refractivity contribution in [2.24, 2.45) is 0 Å². The number of alkyl halides is 12. The van der Waals surface area contributed by atoms with Crippen molar-refractivity contribution < 1.29 is 99.3 Å². The number of nitrogens with one attached hydrogen (secondary N) is 2. The Kier molecular flexibility index (Phi) is 9.65. The van der Waals surface area contributed by atoms with Crippen molar-refractivity contribution in [2.45, 2.75) is 33.5 Å². The van der Waals surface area contributed by atoms with Crippen LogP contribution in [0.4, 0.5) is 52.7 Å². The van der Waals surface area contributed by atoms with Crippen molar-refractivity contribution in [1.29, 1.82) is 0 Å². The molecule has 30 heteroatoms. The number of sulfonamides is 3. The zero-order valence-electron chi connectivity index (χ0n) is 17.5. The summed E-state index contributed by atoms with van der Waals surface area (Å²) in [6.07, 6.45) is -0.316. The highest BCUT2D eigenvalue weighted by molar-refractivity contribution is 8.06. The van der Waals surface area contributed by atoms with E-state index in [9.17, 15) is 94.8 Å². The second kappa shape index (κ2) is 9.96. The lowest BCUT2D eigenvalue weighted by Gasteiger charge is -2.34. The minimum Gasteiger partial charge on any atom is -0.285 e. The number of rotatable bonds is 14. The Morgan fingerprint density at radius 2 is 0.949 bits per heavy atom. The van der Waals surface area contributed by atoms with Gasteiger partial charge >= 0.3 is 33.5 Å². The van der Waals surface area contributed by atoms with Crippen LogP contribution in [0.25, 0.3) is 0 Å². The van der Waals surface area contributed by atoms with E-state index >= 15 is 0 Å². The van der Waals surface area contributed by atoms with Crippen molar-refractivity contribution in [3.05, 3.63) is 0 Å². The summed E-state index contributed by atoms with van der Waals surface area (Å²) in [5, 5.41) is -25.8. The molecule has 39 heavy (non-hydrogen) atoms. The molecule has 0 fully saturated rings. The molecule has 236 valence electrons. The molecule has 0 unspecified atom stereocenters. The van der Waals surface area contributed by atoms with Crippen molar-refractivity contribution >= 4 is 50.0 Å². The molecule has 0 saturated heterocycles. The molecule has 0 aromatic rings. The van der Waals surface area contributed by atoms with Crippen LogP contribution in [-0.4, -0.2) is 98.1 Å². The van der Waals surface area contributed by atoms with Gasteiger partial charge in [-0.25, -0.2) is 38.4 Å². The van der Waals surface area contributed by atoms with Crippen molar-refractivity contribution in [3.8, 4) is 0 Å². The van der Waals surface area contributed by atoms with Gasteiger partial charge in [-0.2, -0.15) is 61.1 Å². The maximum absolute atomic E-state index is 13.8. The van der Waals surface area contributed by atoms with Gasteiger partial charge in [0.15, 0.2) is 5.08 Å². The second-order valence-electron chi connectivity index (χ2n) is 6.90. The fourth-order valence-electron chi connectivity index (χ4n) is 1.82. The highest BCUT2D eigenvalue weighted by atomic mass is 32.3. The molecule has 0 aliphatic heterocycles. The fraction of sp³-hybridized carbons (Fsp3) is 1.00. The Balaban J connectivity index is 6.53. The molecule has 0 rings (SSSR count). The van der Waals surface area contributed by atoms with Crippen LogP contribution in [0.5, 0.6) is 0 Å². The Morgan fingerprint density at radius 1 is 0.590 bits per heavy atom. The molecule has 0 atom stereocenters. The first kappa shape index (κ1) is 37.8. The smallest absolute Gasteiger partial charge is 0.285 e. The van der Waals surface area contributed by atoms with Crippen LogP contribution >= 0.6 is 0 Å². The number of hydrogen-bond donors (Lipinski definition) is 3. The lowest BCUT2D eigenvalue weighted by molar-refractivity contribution is -0.275. The first-order valence-electron chi connectivity index (χ1n) is 8.03. The average molecular weight is 710 g/mol. The fourth-order valence-corrected chi connectivity index (χ4v) is 8.09.